The number of unbranched alkanes of at least 4 members (excludes halogenated alkanes) is 5. The molecule has 0 aromatic carbocycles. The van der Waals surface area contributed by atoms with Gasteiger partial charge in [0.25, 0.3) is 0 Å². The van der Waals surface area contributed by atoms with Crippen molar-refractivity contribution < 1.29 is 76.5 Å². The number of hydrogen-bond acceptors (Lipinski definition) is 17. The van der Waals surface area contributed by atoms with E-state index in [0.29, 0.717) is 18.8 Å². The third-order valence-corrected chi connectivity index (χ3v) is 13.3. The number of hydrogen-bond donors (Lipinski definition) is 7. The van der Waals surface area contributed by atoms with Crippen LogP contribution >= 0.6 is 15.6 Å². The van der Waals surface area contributed by atoms with Gasteiger partial charge in [-0.15, -0.1) is 0 Å². The Kier molecular flexibility index (Phi) is 29.6. The number of rotatable bonds is 36. The summed E-state index contributed by atoms with van der Waals surface area (Å²) in [6, 6.07) is 1.23. The second kappa shape index (κ2) is 33.2. The zero-order valence-electron chi connectivity index (χ0n) is 39.1. The van der Waals surface area contributed by atoms with Crippen LogP contribution in [0.15, 0.2) is 65.7 Å². The van der Waals surface area contributed by atoms with E-state index in [4.69, 9.17) is 29.0 Å². The summed E-state index contributed by atoms with van der Waals surface area (Å²) in [5, 5.41) is 41.7. The van der Waals surface area contributed by atoms with Crippen molar-refractivity contribution in [3.8, 4) is 0 Å². The summed E-state index contributed by atoms with van der Waals surface area (Å²) in [5.41, 5.74) is 4.55. The number of ether oxygens (including phenoxy) is 3. The van der Waals surface area contributed by atoms with E-state index in [9.17, 15) is 53.7 Å². The number of carbonyl (C=O) groups excluding carboxylic acids is 2. The van der Waals surface area contributed by atoms with Gasteiger partial charge in [-0.1, -0.05) is 114 Å². The zero-order chi connectivity index (χ0) is 49.7. The van der Waals surface area contributed by atoms with Crippen LogP contribution in [0, 0.1) is 5.92 Å². The highest BCUT2D eigenvalue weighted by Crippen LogP contribution is 2.60. The second-order valence-corrected chi connectivity index (χ2v) is 19.5. The molecule has 10 atom stereocenters. The summed E-state index contributed by atoms with van der Waals surface area (Å²) in [6.07, 6.45) is 18.3. The maximum absolute atomic E-state index is 12.8. The van der Waals surface area contributed by atoms with Gasteiger partial charge in [-0.25, -0.2) is 13.9 Å². The summed E-state index contributed by atoms with van der Waals surface area (Å²) in [6.45, 7) is 3.94. The molecule has 3 unspecified atom stereocenters. The Morgan fingerprint density at radius 3 is 2.04 bits per heavy atom. The fourth-order valence-corrected chi connectivity index (χ4v) is 8.66. The normalized spacial score (nSPS) is 21.4. The summed E-state index contributed by atoms with van der Waals surface area (Å²) in [5.74, 6) is -0.910. The van der Waals surface area contributed by atoms with Crippen LogP contribution in [0.3, 0.4) is 0 Å². The van der Waals surface area contributed by atoms with E-state index in [1.807, 2.05) is 18.2 Å². The van der Waals surface area contributed by atoms with E-state index in [1.165, 1.54) is 12.5 Å². The standard InChI is InChI=1S/C45H75N3O17P2/c1-4-6-7-8-9-10-11-12-13-14-18-21-25-36(49)37(50)26-23-28-41(52)63-35(31-60-40(51)27-22-19-16-15-17-20-24-34(3)5-2)32-61-66(56,57)65-67(58,59)62-33-38-42(53)43(54)44(64-38)48-30-29-39(46)47-45(48)55/h6-7,9-10,12-13,18,21,29-30,34-38,42-44,49-50,53-54H,4-5,8,11,14-17,19-20,22-28,31-33H2,1-3H3,(H,56,57)(H,58,59)(H2,46,47,55)/b7-6-,10-9-,13-12-,21-18-/t34?,35-,36-,37-,38-,42-,43-,44-/m1/s1. The molecule has 382 valence electrons. The van der Waals surface area contributed by atoms with Crippen molar-refractivity contribution in [1.82, 2.24) is 9.55 Å². The van der Waals surface area contributed by atoms with Crippen LogP contribution in [0.2, 0.25) is 0 Å². The zero-order valence-corrected chi connectivity index (χ0v) is 40.9. The Hall–Kier alpha value is -3.36. The first-order valence-electron chi connectivity index (χ1n) is 23.2. The van der Waals surface area contributed by atoms with Crippen LogP contribution in [0.4, 0.5) is 5.82 Å². The molecular formula is C45H75N3O17P2. The van der Waals surface area contributed by atoms with Gasteiger partial charge in [0.05, 0.1) is 25.4 Å². The Morgan fingerprint density at radius 1 is 0.806 bits per heavy atom. The lowest BCUT2D eigenvalue weighted by molar-refractivity contribution is -0.161. The van der Waals surface area contributed by atoms with Crippen molar-refractivity contribution >= 4 is 33.4 Å². The average Bonchev–Trinajstić information content (AvgIpc) is 3.55. The van der Waals surface area contributed by atoms with Crippen LogP contribution < -0.4 is 11.4 Å². The van der Waals surface area contributed by atoms with Crippen molar-refractivity contribution in [2.24, 2.45) is 5.92 Å². The molecule has 1 aliphatic rings. The van der Waals surface area contributed by atoms with E-state index >= 15 is 0 Å². The SMILES string of the molecule is CC/C=C\C/C=C\C/C=C\C/C=C\C[C@@H](O)[C@H](O)CCCC(=O)O[C@H](COC(=O)CCCCCCCCC(C)CC)COP(=O)(O)OP(=O)(O)OC[C@H]1O[C@@H](n2ccc(N)nc2=O)[C@H](O)[C@@H]1O. The van der Waals surface area contributed by atoms with Gasteiger partial charge in [-0.2, -0.15) is 9.29 Å². The van der Waals surface area contributed by atoms with Crippen LogP contribution in [0.1, 0.15) is 136 Å². The third kappa shape index (κ3) is 26.3. The van der Waals surface area contributed by atoms with Crippen LogP contribution in [0.5, 0.6) is 0 Å². The molecule has 0 bridgehead atoms. The molecule has 0 radical (unpaired) electrons. The minimum atomic E-state index is -5.49. The molecular weight excluding hydrogens is 916 g/mol. The van der Waals surface area contributed by atoms with Crippen molar-refractivity contribution in [1.29, 1.82) is 0 Å². The third-order valence-electron chi connectivity index (χ3n) is 10.7. The molecule has 1 aromatic heterocycles. The van der Waals surface area contributed by atoms with Gasteiger partial charge in [-0.3, -0.25) is 23.2 Å². The number of nitrogens with zero attached hydrogens (tertiary/aromatic N) is 2. The molecule has 20 nitrogen and oxygen atoms in total. The molecule has 22 heteroatoms. The molecule has 0 amide bonds. The number of esters is 2. The van der Waals surface area contributed by atoms with E-state index in [0.717, 1.165) is 68.6 Å². The highest BCUT2D eigenvalue weighted by Gasteiger charge is 2.46. The molecule has 67 heavy (non-hydrogen) atoms. The number of phosphoric acid groups is 2. The highest BCUT2D eigenvalue weighted by atomic mass is 31.3. The van der Waals surface area contributed by atoms with Crippen LogP contribution in [-0.4, -0.2) is 108 Å². The number of aliphatic hydroxyl groups excluding tert-OH is 4. The molecule has 1 aromatic rings. The quantitative estimate of drug-likeness (QED) is 0.0165. The molecule has 1 saturated heterocycles. The smallest absolute Gasteiger partial charge is 0.462 e. The predicted molar refractivity (Wildman–Crippen MR) is 250 cm³/mol. The lowest BCUT2D eigenvalue weighted by Gasteiger charge is -2.22. The monoisotopic (exact) mass is 991 g/mol. The maximum atomic E-state index is 12.8. The lowest BCUT2D eigenvalue weighted by Crippen LogP contribution is -2.36. The van der Waals surface area contributed by atoms with Crippen molar-refractivity contribution in [3.63, 3.8) is 0 Å². The first-order chi connectivity index (χ1) is 31.9. The molecule has 2 heterocycles. The van der Waals surface area contributed by atoms with Crippen LogP contribution in [0.25, 0.3) is 0 Å². The minimum Gasteiger partial charge on any atom is -0.462 e. The van der Waals surface area contributed by atoms with Gasteiger partial charge >= 0.3 is 33.3 Å². The van der Waals surface area contributed by atoms with E-state index < -0.39 is 95.9 Å². The molecule has 0 saturated carbocycles. The minimum absolute atomic E-state index is 0.0307. The number of anilines is 1. The summed E-state index contributed by atoms with van der Waals surface area (Å²) in [4.78, 5) is 61.7. The van der Waals surface area contributed by atoms with Crippen LogP contribution in [-0.2, 0) is 46.3 Å². The molecule has 1 aliphatic heterocycles. The molecule has 1 fully saturated rings. The van der Waals surface area contributed by atoms with Gasteiger partial charge in [-0.05, 0) is 63.4 Å². The number of allylic oxidation sites excluding steroid dienone is 7. The lowest BCUT2D eigenvalue weighted by atomic mass is 10.00. The van der Waals surface area contributed by atoms with E-state index in [1.54, 1.807) is 6.08 Å². The first-order valence-corrected chi connectivity index (χ1v) is 26.2. The fourth-order valence-electron chi connectivity index (χ4n) is 6.55. The number of carbonyl (C=O) groups is 2. The number of phosphoric ester groups is 2. The molecule has 8 N–H and O–H groups in total. The van der Waals surface area contributed by atoms with Crippen molar-refractivity contribution in [2.75, 3.05) is 25.6 Å². The van der Waals surface area contributed by atoms with Gasteiger partial charge in [0.15, 0.2) is 12.3 Å². The molecule has 2 rings (SSSR count). The maximum Gasteiger partial charge on any atom is 0.481 e. The second-order valence-electron chi connectivity index (χ2n) is 16.4. The summed E-state index contributed by atoms with van der Waals surface area (Å²) < 4.78 is 56.3. The molecule has 0 spiro atoms. The topological polar surface area (TPSA) is 306 Å². The Bertz CT molecular complexity index is 1860. The Morgan fingerprint density at radius 2 is 1.40 bits per heavy atom. The summed E-state index contributed by atoms with van der Waals surface area (Å²) >= 11 is 0. The predicted octanol–water partition coefficient (Wildman–Crippen LogP) is 6.40. The number of aromatic nitrogens is 2. The number of nitrogen functional groups attached to an aromatic ring is 1. The van der Waals surface area contributed by atoms with Gasteiger partial charge in [0, 0.05) is 19.0 Å². The number of aliphatic hydroxyl groups is 4. The van der Waals surface area contributed by atoms with E-state index in [2.05, 4.69) is 54.4 Å². The average molecular weight is 992 g/mol. The fraction of sp³-hybridized carbons (Fsp3) is 0.689. The highest BCUT2D eigenvalue weighted by molar-refractivity contribution is 7.61. The Balaban J connectivity index is 1.90. The number of nitrogens with two attached hydrogens (primary N) is 1. The molecule has 0 aliphatic carbocycles. The van der Waals surface area contributed by atoms with E-state index in [-0.39, 0.29) is 37.9 Å². The van der Waals surface area contributed by atoms with Crippen molar-refractivity contribution in [3.05, 3.63) is 71.4 Å². The largest absolute Gasteiger partial charge is 0.481 e. The van der Waals surface area contributed by atoms with Gasteiger partial charge in [0.2, 0.25) is 0 Å². The Labute approximate surface area is 394 Å². The van der Waals surface area contributed by atoms with Gasteiger partial charge < -0.3 is 50.2 Å². The van der Waals surface area contributed by atoms with Gasteiger partial charge in [0.1, 0.15) is 30.7 Å². The summed E-state index contributed by atoms with van der Waals surface area (Å²) in [7, 11) is -11.0. The van der Waals surface area contributed by atoms with Crippen molar-refractivity contribution in [2.45, 2.75) is 173 Å². The first kappa shape index (κ1) is 59.8.